The zero-order valence-corrected chi connectivity index (χ0v) is 34.0. The molecule has 0 aliphatic heterocycles. The first-order valence-corrected chi connectivity index (χ1v) is 19.3. The number of rotatable bonds is 17. The Kier molecular flexibility index (Phi) is 22.4. The molecule has 0 saturated heterocycles. The molecule has 0 radical (unpaired) electrons. The monoisotopic (exact) mass is 740 g/mol. The molecular weight excluding hydrogens is 676 g/mol. The first-order chi connectivity index (χ1) is 23.6. The summed E-state index contributed by atoms with van der Waals surface area (Å²) in [5, 5.41) is 0. The molecule has 2 atom stereocenters. The van der Waals surface area contributed by atoms with Gasteiger partial charge in [0.1, 0.15) is 6.04 Å². The van der Waals surface area contributed by atoms with Crippen molar-refractivity contribution in [2.24, 2.45) is 11.8 Å². The molecule has 0 fully saturated rings. The largest absolute Gasteiger partial charge is 0.464 e. The van der Waals surface area contributed by atoms with Crippen LogP contribution in [0.1, 0.15) is 82.7 Å². The third-order valence-corrected chi connectivity index (χ3v) is 7.99. The first kappa shape index (κ1) is 47.7. The lowest BCUT2D eigenvalue weighted by molar-refractivity contribution is -0.152. The summed E-state index contributed by atoms with van der Waals surface area (Å²) >= 11 is 0. The minimum Gasteiger partial charge on any atom is -0.464 e. The number of ether oxygens (including phenoxy) is 2. The highest BCUT2D eigenvalue weighted by molar-refractivity contribution is 7.86. The van der Waals surface area contributed by atoms with Gasteiger partial charge in [0.2, 0.25) is 5.56 Å². The van der Waals surface area contributed by atoms with Crippen molar-refractivity contribution in [3.63, 3.8) is 0 Å². The van der Waals surface area contributed by atoms with Crippen LogP contribution in [0, 0.1) is 25.7 Å². The van der Waals surface area contributed by atoms with E-state index in [4.69, 9.17) is 9.47 Å². The zero-order valence-electron chi connectivity index (χ0n) is 33.2. The van der Waals surface area contributed by atoms with Crippen molar-refractivity contribution in [1.29, 1.82) is 0 Å². The van der Waals surface area contributed by atoms with E-state index in [0.29, 0.717) is 25.4 Å². The van der Waals surface area contributed by atoms with Gasteiger partial charge in [0.05, 0.1) is 19.5 Å². The van der Waals surface area contributed by atoms with Crippen LogP contribution in [0.5, 0.6) is 0 Å². The first-order valence-electron chi connectivity index (χ1n) is 17.5. The van der Waals surface area contributed by atoms with Gasteiger partial charge in [0.25, 0.3) is 15.7 Å². The van der Waals surface area contributed by atoms with Crippen LogP contribution in [0.2, 0.25) is 0 Å². The molecule has 0 spiro atoms. The van der Waals surface area contributed by atoms with Gasteiger partial charge in [-0.1, -0.05) is 27.7 Å². The molecule has 0 bridgehead atoms. The Morgan fingerprint density at radius 2 is 1.29 bits per heavy atom. The fraction of sp³-hybridized carbons (Fsp3) is 0.676. The smallest absolute Gasteiger partial charge is 0.336 e. The number of aromatic nitrogens is 2. The molecule has 51 heavy (non-hydrogen) atoms. The third-order valence-electron chi connectivity index (χ3n) is 7.41. The Bertz CT molecular complexity index is 1560. The Morgan fingerprint density at radius 3 is 1.75 bits per heavy atom. The van der Waals surface area contributed by atoms with Crippen LogP contribution >= 0.6 is 0 Å². The fourth-order valence-electron chi connectivity index (χ4n) is 4.81. The molecule has 0 amide bonds. The molecule has 14 heteroatoms. The SMILES string of the molecule is CCOC(=O)C(CC(C)C)OS(C)(=O)=O.CCOC(=O)C(CC(C)C)n1cc(CCN(C)C)c(C)cc1=O.Cc1cc(=O)[nH]cc1CCN(C)C. The molecule has 0 aromatic carbocycles. The average Bonchev–Trinajstić information content (AvgIpc) is 2.98. The number of nitrogens with zero attached hydrogens (tertiary/aromatic N) is 3. The highest BCUT2D eigenvalue weighted by Crippen LogP contribution is 2.20. The molecule has 0 aliphatic carbocycles. The van der Waals surface area contributed by atoms with E-state index in [2.05, 4.69) is 19.0 Å². The van der Waals surface area contributed by atoms with Gasteiger partial charge >= 0.3 is 11.9 Å². The Labute approximate surface area is 305 Å². The summed E-state index contributed by atoms with van der Waals surface area (Å²) in [6.45, 7) is 17.6. The molecule has 2 heterocycles. The zero-order chi connectivity index (χ0) is 39.5. The predicted octanol–water partition coefficient (Wildman–Crippen LogP) is 4.14. The van der Waals surface area contributed by atoms with Crippen LogP contribution in [0.4, 0.5) is 0 Å². The summed E-state index contributed by atoms with van der Waals surface area (Å²) in [7, 11) is 4.49. The standard InChI is InChI=1S/C18H30N2O3.C10H16N2O.C9H18O5S/c1-7-23-18(22)16(10-13(2)3)20-12-15(8-9-19(5)6)14(4)11-17(20)21;1-8-6-10(13)11-7-9(8)4-5-12(2)3;1-5-13-9(10)8(6-7(2)3)14-15(4,11)12/h11-13,16H,7-10H2,1-6H3;6-7H,4-5H2,1-3H3,(H,11,13);7-8H,5-6H2,1-4H3. The number of aromatic amines is 1. The number of hydrogen-bond donors (Lipinski definition) is 1. The van der Waals surface area contributed by atoms with E-state index in [-0.39, 0.29) is 29.6 Å². The summed E-state index contributed by atoms with van der Waals surface area (Å²) in [5.41, 5.74) is 4.19. The minimum absolute atomic E-state index is 0.0221. The predicted molar refractivity (Wildman–Crippen MR) is 203 cm³/mol. The molecule has 292 valence electrons. The van der Waals surface area contributed by atoms with Crippen molar-refractivity contribution >= 4 is 22.1 Å². The summed E-state index contributed by atoms with van der Waals surface area (Å²) in [6.07, 6.45) is 6.28. The van der Waals surface area contributed by atoms with Crippen LogP contribution in [0.3, 0.4) is 0 Å². The van der Waals surface area contributed by atoms with Crippen molar-refractivity contribution in [2.75, 3.05) is 60.7 Å². The molecular formula is C37H64N4O9S. The number of carbonyl (C=O) groups is 2. The fourth-order valence-corrected chi connectivity index (χ4v) is 5.39. The second-order valence-corrected chi connectivity index (χ2v) is 15.5. The molecule has 13 nitrogen and oxygen atoms in total. The van der Waals surface area contributed by atoms with Crippen molar-refractivity contribution in [3.8, 4) is 0 Å². The Morgan fingerprint density at radius 1 is 0.804 bits per heavy atom. The van der Waals surface area contributed by atoms with Gasteiger partial charge in [-0.15, -0.1) is 0 Å². The number of carbonyl (C=O) groups excluding carboxylic acids is 2. The van der Waals surface area contributed by atoms with Crippen molar-refractivity contribution in [1.82, 2.24) is 19.4 Å². The summed E-state index contributed by atoms with van der Waals surface area (Å²) in [5.74, 6) is -0.508. The van der Waals surface area contributed by atoms with Gasteiger partial charge < -0.3 is 28.8 Å². The maximum Gasteiger partial charge on any atom is 0.336 e. The van der Waals surface area contributed by atoms with Crippen LogP contribution < -0.4 is 11.1 Å². The quantitative estimate of drug-likeness (QED) is 0.184. The maximum absolute atomic E-state index is 12.4. The van der Waals surface area contributed by atoms with Crippen LogP contribution in [-0.2, 0) is 46.2 Å². The number of esters is 2. The number of nitrogens with one attached hydrogen (secondary N) is 1. The average molecular weight is 741 g/mol. The second-order valence-electron chi connectivity index (χ2n) is 13.9. The van der Waals surface area contributed by atoms with E-state index in [1.807, 2.05) is 75.9 Å². The molecule has 1 N–H and O–H groups in total. The molecule has 2 aromatic heterocycles. The van der Waals surface area contributed by atoms with Crippen LogP contribution in [0.15, 0.2) is 34.1 Å². The van der Waals surface area contributed by atoms with Crippen molar-refractivity contribution in [3.05, 3.63) is 67.5 Å². The normalized spacial score (nSPS) is 12.6. The minimum atomic E-state index is -3.63. The molecule has 0 saturated carbocycles. The van der Waals surface area contributed by atoms with Gasteiger partial charge in [0, 0.05) is 37.6 Å². The topological polar surface area (TPSA) is 157 Å². The summed E-state index contributed by atoms with van der Waals surface area (Å²) in [4.78, 5) is 53.9. The van der Waals surface area contributed by atoms with Crippen LogP contribution in [-0.4, -0.2) is 107 Å². The molecule has 2 unspecified atom stereocenters. The highest BCUT2D eigenvalue weighted by atomic mass is 32.2. The molecule has 2 rings (SSSR count). The van der Waals surface area contributed by atoms with Gasteiger partial charge in [-0.3, -0.25) is 13.8 Å². The van der Waals surface area contributed by atoms with E-state index in [1.54, 1.807) is 36.7 Å². The van der Waals surface area contributed by atoms with Gasteiger partial charge in [-0.05, 0) is 116 Å². The summed E-state index contributed by atoms with van der Waals surface area (Å²) < 4.78 is 37.9. The lowest BCUT2D eigenvalue weighted by Gasteiger charge is -2.22. The van der Waals surface area contributed by atoms with Crippen molar-refractivity contribution in [2.45, 2.75) is 93.2 Å². The maximum atomic E-state index is 12.4. The van der Waals surface area contributed by atoms with Gasteiger partial charge in [-0.2, -0.15) is 8.42 Å². The Hall–Kier alpha value is -3.33. The number of hydrogen-bond acceptors (Lipinski definition) is 11. The van der Waals surface area contributed by atoms with E-state index in [0.717, 1.165) is 48.9 Å². The van der Waals surface area contributed by atoms with E-state index >= 15 is 0 Å². The lowest BCUT2D eigenvalue weighted by Crippen LogP contribution is -2.32. The van der Waals surface area contributed by atoms with Gasteiger partial charge in [-0.25, -0.2) is 9.59 Å². The number of likely N-dealkylation sites (N-methyl/N-ethyl adjacent to an activating group) is 2. The lowest BCUT2D eigenvalue weighted by atomic mass is 10.0. The molecule has 2 aromatic rings. The number of H-pyrrole nitrogens is 1. The van der Waals surface area contributed by atoms with Crippen molar-refractivity contribution < 1.29 is 31.7 Å². The third kappa shape index (κ3) is 21.0. The second kappa shape index (κ2) is 24.0. The highest BCUT2D eigenvalue weighted by Gasteiger charge is 2.26. The summed E-state index contributed by atoms with van der Waals surface area (Å²) in [6, 6.07) is 2.71. The van der Waals surface area contributed by atoms with E-state index in [9.17, 15) is 27.6 Å². The molecule has 0 aliphatic rings. The number of pyridine rings is 2. The van der Waals surface area contributed by atoms with E-state index in [1.165, 1.54) is 5.56 Å². The van der Waals surface area contributed by atoms with Gasteiger partial charge in [0.15, 0.2) is 6.10 Å². The number of aryl methyl sites for hydroxylation is 2. The van der Waals surface area contributed by atoms with E-state index < -0.39 is 28.2 Å². The van der Waals surface area contributed by atoms with Crippen LogP contribution in [0.25, 0.3) is 0 Å². The Balaban J connectivity index is 0.000000776.